The summed E-state index contributed by atoms with van der Waals surface area (Å²) in [5.74, 6) is -1.29. The third-order valence-electron chi connectivity index (χ3n) is 7.11. The Morgan fingerprint density at radius 1 is 1.13 bits per heavy atom. The number of H-pyrrole nitrogens is 1. The first-order chi connectivity index (χ1) is 18.5. The maximum atomic E-state index is 13.7. The number of aromatic nitrogens is 4. The van der Waals surface area contributed by atoms with Crippen molar-refractivity contribution < 1.29 is 26.7 Å². The van der Waals surface area contributed by atoms with E-state index in [2.05, 4.69) is 47.8 Å². The molecule has 39 heavy (non-hydrogen) atoms. The number of β-amino-alcohol motifs (C(OH)–C–C–N with tert-alkyl or cyclic N) is 1. The molecule has 0 amide bonds. The number of piperidine rings is 1. The summed E-state index contributed by atoms with van der Waals surface area (Å²) in [4.78, 5) is 9.55. The van der Waals surface area contributed by atoms with Crippen molar-refractivity contribution in [2.45, 2.75) is 44.1 Å². The second-order valence-corrected chi connectivity index (χ2v) is 12.0. The molecule has 0 bridgehead atoms. The van der Waals surface area contributed by atoms with Gasteiger partial charge in [0.05, 0.1) is 12.4 Å². The number of alkyl halides is 3. The number of anilines is 2. The van der Waals surface area contributed by atoms with Gasteiger partial charge in [-0.3, -0.25) is 10.00 Å². The SMILES string of the molecule is CS(=O)(=O)N1CCC(Nc2nc(C(F)(F)F)nc3c(NCC(O)CN4CCc5ccccc5C4)n[nH]c23)CC1. The van der Waals surface area contributed by atoms with Crippen LogP contribution in [0.5, 0.6) is 0 Å². The van der Waals surface area contributed by atoms with Gasteiger partial charge in [0.2, 0.25) is 15.8 Å². The standard InChI is InChI=1S/C24H31F3N8O3S/c1-39(37,38)35-10-7-17(8-11-35)29-22-20-19(30-23(31-22)24(25,26)27)21(33-32-20)28-12-18(36)14-34-9-6-15-4-2-3-5-16(15)13-34/h2-5,17-18,36H,6-14H2,1H3,(H2,28,32,33)(H,29,30,31). The van der Waals surface area contributed by atoms with E-state index in [0.717, 1.165) is 25.8 Å². The van der Waals surface area contributed by atoms with Crippen molar-refractivity contribution in [2.24, 2.45) is 0 Å². The summed E-state index contributed by atoms with van der Waals surface area (Å²) in [6, 6.07) is 7.89. The third-order valence-corrected chi connectivity index (χ3v) is 8.42. The van der Waals surface area contributed by atoms with Crippen LogP contribution in [-0.2, 0) is 29.2 Å². The number of rotatable bonds is 8. The van der Waals surface area contributed by atoms with Gasteiger partial charge in [-0.25, -0.2) is 22.7 Å². The van der Waals surface area contributed by atoms with E-state index < -0.39 is 28.1 Å². The summed E-state index contributed by atoms with van der Waals surface area (Å²) in [6.45, 7) is 2.50. The van der Waals surface area contributed by atoms with Gasteiger partial charge in [0.15, 0.2) is 11.6 Å². The number of aliphatic hydroxyl groups excluding tert-OH is 1. The molecule has 5 rings (SSSR count). The molecule has 1 fully saturated rings. The molecule has 2 aliphatic heterocycles. The van der Waals surface area contributed by atoms with Crippen LogP contribution < -0.4 is 10.6 Å². The van der Waals surface area contributed by atoms with E-state index in [1.54, 1.807) is 0 Å². The number of hydrogen-bond acceptors (Lipinski definition) is 9. The first-order valence-corrected chi connectivity index (χ1v) is 14.6. The highest BCUT2D eigenvalue weighted by atomic mass is 32.2. The van der Waals surface area contributed by atoms with Gasteiger partial charge in [0.25, 0.3) is 0 Å². The maximum Gasteiger partial charge on any atom is 0.451 e. The molecule has 212 valence electrons. The highest BCUT2D eigenvalue weighted by molar-refractivity contribution is 7.88. The van der Waals surface area contributed by atoms with E-state index in [0.29, 0.717) is 19.4 Å². The number of aliphatic hydroxyl groups is 1. The Labute approximate surface area is 223 Å². The van der Waals surface area contributed by atoms with Crippen molar-refractivity contribution >= 4 is 32.7 Å². The zero-order valence-electron chi connectivity index (χ0n) is 21.4. The van der Waals surface area contributed by atoms with Crippen LogP contribution in [0.2, 0.25) is 0 Å². The molecule has 0 radical (unpaired) electrons. The van der Waals surface area contributed by atoms with Gasteiger partial charge >= 0.3 is 6.18 Å². The van der Waals surface area contributed by atoms with E-state index in [1.807, 2.05) is 12.1 Å². The van der Waals surface area contributed by atoms with Crippen LogP contribution in [0.1, 0.15) is 29.8 Å². The number of benzene rings is 1. The van der Waals surface area contributed by atoms with Crippen molar-refractivity contribution in [1.29, 1.82) is 0 Å². The number of hydrogen-bond donors (Lipinski definition) is 4. The molecule has 4 heterocycles. The lowest BCUT2D eigenvalue weighted by Gasteiger charge is -2.31. The second-order valence-electron chi connectivity index (χ2n) is 10.1. The monoisotopic (exact) mass is 568 g/mol. The van der Waals surface area contributed by atoms with Crippen LogP contribution in [0.25, 0.3) is 11.0 Å². The Morgan fingerprint density at radius 2 is 1.85 bits per heavy atom. The van der Waals surface area contributed by atoms with Crippen LogP contribution in [-0.4, -0.2) is 94.0 Å². The number of nitrogens with one attached hydrogen (secondary N) is 3. The van der Waals surface area contributed by atoms with Gasteiger partial charge in [0.1, 0.15) is 11.0 Å². The minimum absolute atomic E-state index is 0.0486. The van der Waals surface area contributed by atoms with Gasteiger partial charge < -0.3 is 15.7 Å². The maximum absolute atomic E-state index is 13.7. The van der Waals surface area contributed by atoms with Crippen molar-refractivity contribution in [2.75, 3.05) is 49.6 Å². The second kappa shape index (κ2) is 10.9. The van der Waals surface area contributed by atoms with Gasteiger partial charge in [0, 0.05) is 45.3 Å². The molecule has 1 atom stereocenters. The van der Waals surface area contributed by atoms with Crippen molar-refractivity contribution in [3.63, 3.8) is 0 Å². The number of fused-ring (bicyclic) bond motifs is 2. The normalized spacial score (nSPS) is 18.7. The molecule has 1 aromatic carbocycles. The van der Waals surface area contributed by atoms with E-state index in [1.165, 1.54) is 15.4 Å². The minimum Gasteiger partial charge on any atom is -0.390 e. The summed E-state index contributed by atoms with van der Waals surface area (Å²) in [6.07, 6.45) is -2.74. The predicted octanol–water partition coefficient (Wildman–Crippen LogP) is 2.04. The number of sulfonamides is 1. The third kappa shape index (κ3) is 6.42. The fraction of sp³-hybridized carbons (Fsp3) is 0.542. The van der Waals surface area contributed by atoms with Crippen molar-refractivity contribution in [3.8, 4) is 0 Å². The predicted molar refractivity (Wildman–Crippen MR) is 140 cm³/mol. The fourth-order valence-electron chi connectivity index (χ4n) is 5.07. The smallest absolute Gasteiger partial charge is 0.390 e. The Morgan fingerprint density at radius 3 is 2.54 bits per heavy atom. The largest absolute Gasteiger partial charge is 0.451 e. The minimum atomic E-state index is -4.79. The highest BCUT2D eigenvalue weighted by Crippen LogP contribution is 2.32. The first kappa shape index (κ1) is 27.6. The topological polar surface area (TPSA) is 139 Å². The fourth-order valence-corrected chi connectivity index (χ4v) is 5.94. The summed E-state index contributed by atoms with van der Waals surface area (Å²) < 4.78 is 65.8. The van der Waals surface area contributed by atoms with Crippen LogP contribution in [0, 0.1) is 0 Å². The molecule has 3 aromatic rings. The molecule has 0 spiro atoms. The zero-order valence-corrected chi connectivity index (χ0v) is 22.2. The van der Waals surface area contributed by atoms with E-state index in [9.17, 15) is 26.7 Å². The molecule has 0 aliphatic carbocycles. The Hall–Kier alpha value is -3.01. The number of aromatic amines is 1. The number of nitrogens with zero attached hydrogens (tertiary/aromatic N) is 5. The van der Waals surface area contributed by atoms with E-state index in [-0.39, 0.29) is 48.3 Å². The first-order valence-electron chi connectivity index (χ1n) is 12.7. The Balaban J connectivity index is 1.27. The van der Waals surface area contributed by atoms with Gasteiger partial charge in [-0.2, -0.15) is 18.3 Å². The van der Waals surface area contributed by atoms with Gasteiger partial charge in [-0.05, 0) is 30.4 Å². The lowest BCUT2D eigenvalue weighted by Crippen LogP contribution is -2.42. The molecule has 0 saturated carbocycles. The molecule has 15 heteroatoms. The average molecular weight is 569 g/mol. The van der Waals surface area contributed by atoms with Crippen molar-refractivity contribution in [1.82, 2.24) is 29.4 Å². The Kier molecular flexibility index (Phi) is 7.68. The van der Waals surface area contributed by atoms with Crippen LogP contribution in [0.3, 0.4) is 0 Å². The molecule has 1 unspecified atom stereocenters. The molecule has 2 aromatic heterocycles. The molecular formula is C24H31F3N8O3S. The molecule has 2 aliphatic rings. The average Bonchev–Trinajstić information content (AvgIpc) is 3.30. The summed E-state index contributed by atoms with van der Waals surface area (Å²) in [5, 5.41) is 23.4. The van der Waals surface area contributed by atoms with Crippen LogP contribution in [0.15, 0.2) is 24.3 Å². The van der Waals surface area contributed by atoms with E-state index in [4.69, 9.17) is 0 Å². The lowest BCUT2D eigenvalue weighted by atomic mass is 10.00. The molecule has 11 nitrogen and oxygen atoms in total. The van der Waals surface area contributed by atoms with Crippen LogP contribution >= 0.6 is 0 Å². The van der Waals surface area contributed by atoms with Gasteiger partial charge in [-0.15, -0.1) is 0 Å². The lowest BCUT2D eigenvalue weighted by molar-refractivity contribution is -0.144. The zero-order chi connectivity index (χ0) is 27.8. The number of halogens is 3. The summed E-state index contributed by atoms with van der Waals surface area (Å²) >= 11 is 0. The Bertz CT molecular complexity index is 1420. The highest BCUT2D eigenvalue weighted by Gasteiger charge is 2.37. The summed E-state index contributed by atoms with van der Waals surface area (Å²) in [5.41, 5.74) is 2.67. The molecule has 4 N–H and O–H groups in total. The van der Waals surface area contributed by atoms with Crippen LogP contribution in [0.4, 0.5) is 24.8 Å². The summed E-state index contributed by atoms with van der Waals surface area (Å²) in [7, 11) is -3.33. The van der Waals surface area contributed by atoms with Gasteiger partial charge in [-0.1, -0.05) is 24.3 Å². The quantitative estimate of drug-likeness (QED) is 0.322. The van der Waals surface area contributed by atoms with E-state index >= 15 is 0 Å². The molecule has 1 saturated heterocycles. The van der Waals surface area contributed by atoms with Crippen molar-refractivity contribution in [3.05, 3.63) is 41.2 Å². The molecular weight excluding hydrogens is 537 g/mol.